The van der Waals surface area contributed by atoms with Crippen molar-refractivity contribution in [2.75, 3.05) is 13.1 Å². The smallest absolute Gasteiger partial charge is 0.157 e. The number of aryl methyl sites for hydroxylation is 2. The van der Waals surface area contributed by atoms with Gasteiger partial charge in [-0.2, -0.15) is 5.10 Å². The molecule has 0 unspecified atom stereocenters. The minimum atomic E-state index is 0.587. The standard InChI is InChI=1S/C13H18N4/c1-9-7-11-12(10-3-5-14-6-4-10)16-17(2)13(11)15-8-9/h7-8,10,14H,3-6H2,1-2H3. The highest BCUT2D eigenvalue weighted by atomic mass is 15.3. The highest BCUT2D eigenvalue weighted by molar-refractivity contribution is 5.79. The second-order valence-electron chi connectivity index (χ2n) is 4.92. The van der Waals surface area contributed by atoms with Gasteiger partial charge in [-0.1, -0.05) is 0 Å². The van der Waals surface area contributed by atoms with Crippen LogP contribution in [0, 0.1) is 6.92 Å². The summed E-state index contributed by atoms with van der Waals surface area (Å²) in [6.07, 6.45) is 4.27. The Hall–Kier alpha value is -1.42. The van der Waals surface area contributed by atoms with Crippen molar-refractivity contribution in [3.8, 4) is 0 Å². The number of rotatable bonds is 1. The maximum atomic E-state index is 4.68. The molecular formula is C13H18N4. The zero-order valence-electron chi connectivity index (χ0n) is 10.4. The summed E-state index contributed by atoms with van der Waals surface area (Å²) in [5, 5.41) is 9.32. The van der Waals surface area contributed by atoms with Crippen molar-refractivity contribution in [3.63, 3.8) is 0 Å². The van der Waals surface area contributed by atoms with Gasteiger partial charge in [0.05, 0.1) is 5.69 Å². The van der Waals surface area contributed by atoms with E-state index in [0.29, 0.717) is 5.92 Å². The molecule has 2 aromatic rings. The van der Waals surface area contributed by atoms with E-state index in [1.54, 1.807) is 0 Å². The van der Waals surface area contributed by atoms with Gasteiger partial charge in [0.25, 0.3) is 0 Å². The predicted octanol–water partition coefficient (Wildman–Crippen LogP) is 1.74. The maximum Gasteiger partial charge on any atom is 0.157 e. The Morgan fingerprint density at radius 1 is 1.35 bits per heavy atom. The van der Waals surface area contributed by atoms with Crippen molar-refractivity contribution in [1.29, 1.82) is 0 Å². The number of hydrogen-bond donors (Lipinski definition) is 1. The van der Waals surface area contributed by atoms with Gasteiger partial charge in [-0.15, -0.1) is 0 Å². The first-order chi connectivity index (χ1) is 8.25. The Bertz CT molecular complexity index is 538. The minimum absolute atomic E-state index is 0.587. The van der Waals surface area contributed by atoms with Gasteiger partial charge in [-0.3, -0.25) is 4.68 Å². The van der Waals surface area contributed by atoms with Gasteiger partial charge in [0, 0.05) is 24.5 Å². The van der Waals surface area contributed by atoms with Crippen molar-refractivity contribution in [2.45, 2.75) is 25.7 Å². The molecule has 0 amide bonds. The lowest BCUT2D eigenvalue weighted by molar-refractivity contribution is 0.451. The third kappa shape index (κ3) is 1.82. The lowest BCUT2D eigenvalue weighted by atomic mass is 9.93. The van der Waals surface area contributed by atoms with Crippen LogP contribution in [0.4, 0.5) is 0 Å². The van der Waals surface area contributed by atoms with Gasteiger partial charge in [0.15, 0.2) is 5.65 Å². The summed E-state index contributed by atoms with van der Waals surface area (Å²) in [4.78, 5) is 4.48. The summed E-state index contributed by atoms with van der Waals surface area (Å²) in [6.45, 7) is 4.29. The topological polar surface area (TPSA) is 42.7 Å². The predicted molar refractivity (Wildman–Crippen MR) is 68.1 cm³/mol. The Morgan fingerprint density at radius 3 is 2.88 bits per heavy atom. The van der Waals surface area contributed by atoms with Crippen LogP contribution in [0.1, 0.15) is 30.0 Å². The van der Waals surface area contributed by atoms with E-state index in [4.69, 9.17) is 0 Å². The lowest BCUT2D eigenvalue weighted by Gasteiger charge is -2.21. The molecule has 1 fully saturated rings. The molecule has 1 aliphatic rings. The molecule has 3 heterocycles. The zero-order chi connectivity index (χ0) is 11.8. The van der Waals surface area contributed by atoms with Gasteiger partial charge in [-0.25, -0.2) is 4.98 Å². The number of nitrogens with zero attached hydrogens (tertiary/aromatic N) is 3. The van der Waals surface area contributed by atoms with Crippen molar-refractivity contribution in [1.82, 2.24) is 20.1 Å². The molecule has 0 aromatic carbocycles. The third-order valence-electron chi connectivity index (χ3n) is 3.57. The molecule has 90 valence electrons. The van der Waals surface area contributed by atoms with Crippen molar-refractivity contribution >= 4 is 11.0 Å². The lowest BCUT2D eigenvalue weighted by Crippen LogP contribution is -2.26. The van der Waals surface area contributed by atoms with E-state index in [2.05, 4.69) is 28.4 Å². The summed E-state index contributed by atoms with van der Waals surface area (Å²) < 4.78 is 1.91. The molecule has 0 saturated carbocycles. The van der Waals surface area contributed by atoms with E-state index in [-0.39, 0.29) is 0 Å². The normalized spacial score (nSPS) is 17.8. The highest BCUT2D eigenvalue weighted by Crippen LogP contribution is 2.29. The van der Waals surface area contributed by atoms with Crippen molar-refractivity contribution in [3.05, 3.63) is 23.5 Å². The van der Waals surface area contributed by atoms with Gasteiger partial charge >= 0.3 is 0 Å². The average molecular weight is 230 g/mol. The van der Waals surface area contributed by atoms with E-state index < -0.39 is 0 Å². The third-order valence-corrected chi connectivity index (χ3v) is 3.57. The van der Waals surface area contributed by atoms with Crippen LogP contribution >= 0.6 is 0 Å². The number of fused-ring (bicyclic) bond motifs is 1. The Labute approximate surface area is 101 Å². The molecular weight excluding hydrogens is 212 g/mol. The van der Waals surface area contributed by atoms with E-state index >= 15 is 0 Å². The monoisotopic (exact) mass is 230 g/mol. The molecule has 2 aromatic heterocycles. The van der Waals surface area contributed by atoms with E-state index in [9.17, 15) is 0 Å². The second kappa shape index (κ2) is 4.11. The summed E-state index contributed by atoms with van der Waals surface area (Å²) in [6, 6.07) is 2.21. The Balaban J connectivity index is 2.11. The van der Waals surface area contributed by atoms with Crippen LogP contribution in [0.3, 0.4) is 0 Å². The SMILES string of the molecule is Cc1cnc2c(c1)c(C1CCNCC1)nn2C. The molecule has 0 bridgehead atoms. The molecule has 17 heavy (non-hydrogen) atoms. The number of piperidine rings is 1. The minimum Gasteiger partial charge on any atom is -0.317 e. The largest absolute Gasteiger partial charge is 0.317 e. The highest BCUT2D eigenvalue weighted by Gasteiger charge is 2.21. The molecule has 0 aliphatic carbocycles. The number of hydrogen-bond acceptors (Lipinski definition) is 3. The molecule has 3 rings (SSSR count). The zero-order valence-corrected chi connectivity index (χ0v) is 10.4. The molecule has 4 nitrogen and oxygen atoms in total. The molecule has 0 atom stereocenters. The first kappa shape index (κ1) is 10.7. The number of aromatic nitrogens is 3. The Kier molecular flexibility index (Phi) is 2.59. The van der Waals surface area contributed by atoms with Crippen LogP contribution < -0.4 is 5.32 Å². The molecule has 4 heteroatoms. The Morgan fingerprint density at radius 2 is 2.12 bits per heavy atom. The quantitative estimate of drug-likeness (QED) is 0.811. The van der Waals surface area contributed by atoms with E-state index in [1.165, 1.54) is 29.5 Å². The van der Waals surface area contributed by atoms with Crippen LogP contribution in [0.25, 0.3) is 11.0 Å². The van der Waals surface area contributed by atoms with Gasteiger partial charge in [0.1, 0.15) is 0 Å². The number of pyridine rings is 1. The van der Waals surface area contributed by atoms with Crippen LogP contribution in [0.5, 0.6) is 0 Å². The van der Waals surface area contributed by atoms with Gasteiger partial charge in [0.2, 0.25) is 0 Å². The fourth-order valence-corrected chi connectivity index (χ4v) is 2.67. The molecule has 0 spiro atoms. The van der Waals surface area contributed by atoms with Crippen LogP contribution in [-0.4, -0.2) is 27.9 Å². The van der Waals surface area contributed by atoms with Crippen LogP contribution in [0.15, 0.2) is 12.3 Å². The maximum absolute atomic E-state index is 4.68. The molecule has 1 saturated heterocycles. The van der Waals surface area contributed by atoms with Crippen LogP contribution in [0.2, 0.25) is 0 Å². The second-order valence-corrected chi connectivity index (χ2v) is 4.92. The van der Waals surface area contributed by atoms with Crippen molar-refractivity contribution < 1.29 is 0 Å². The van der Waals surface area contributed by atoms with Crippen molar-refractivity contribution in [2.24, 2.45) is 7.05 Å². The van der Waals surface area contributed by atoms with Gasteiger partial charge in [-0.05, 0) is 44.5 Å². The molecule has 1 N–H and O–H groups in total. The van der Waals surface area contributed by atoms with Crippen LogP contribution in [-0.2, 0) is 7.05 Å². The molecule has 0 radical (unpaired) electrons. The number of nitrogens with one attached hydrogen (secondary N) is 1. The fraction of sp³-hybridized carbons (Fsp3) is 0.538. The first-order valence-corrected chi connectivity index (χ1v) is 6.25. The van der Waals surface area contributed by atoms with E-state index in [1.807, 2.05) is 17.9 Å². The van der Waals surface area contributed by atoms with E-state index in [0.717, 1.165) is 18.7 Å². The molecule has 1 aliphatic heterocycles. The van der Waals surface area contributed by atoms with Gasteiger partial charge < -0.3 is 5.32 Å². The summed E-state index contributed by atoms with van der Waals surface area (Å²) >= 11 is 0. The fourth-order valence-electron chi connectivity index (χ4n) is 2.67. The summed E-state index contributed by atoms with van der Waals surface area (Å²) in [7, 11) is 1.98. The summed E-state index contributed by atoms with van der Waals surface area (Å²) in [5.74, 6) is 0.587. The first-order valence-electron chi connectivity index (χ1n) is 6.25. The summed E-state index contributed by atoms with van der Waals surface area (Å²) in [5.41, 5.74) is 3.45. The average Bonchev–Trinajstić information content (AvgIpc) is 2.67.